The molecule has 3 fully saturated rings. The molecule has 0 amide bonds. The lowest BCUT2D eigenvalue weighted by Gasteiger charge is -2.50. The summed E-state index contributed by atoms with van der Waals surface area (Å²) in [5.41, 5.74) is 4.64. The van der Waals surface area contributed by atoms with E-state index in [2.05, 4.69) is 0 Å². The average molecular weight is 287 g/mol. The van der Waals surface area contributed by atoms with Crippen molar-refractivity contribution in [3.05, 3.63) is 0 Å². The summed E-state index contributed by atoms with van der Waals surface area (Å²) in [6, 6.07) is 0. The van der Waals surface area contributed by atoms with Crippen LogP contribution in [0.25, 0.3) is 0 Å². The zero-order chi connectivity index (χ0) is 13.9. The molecule has 110 valence electrons. The smallest absolute Gasteiger partial charge is 0.153 e. The summed E-state index contributed by atoms with van der Waals surface area (Å²) in [5, 5.41) is 10.7. The number of aliphatic hydroxyl groups is 1. The molecule has 0 radical (unpaired) electrons. The minimum absolute atomic E-state index is 0.347. The molecule has 19 heavy (non-hydrogen) atoms. The van der Waals surface area contributed by atoms with Gasteiger partial charge >= 0.3 is 0 Å². The van der Waals surface area contributed by atoms with Gasteiger partial charge in [-0.3, -0.25) is 0 Å². The standard InChI is InChI=1S/C14H25NO3S/c1-19(17,18)12-3-2-6-14(12,16)13(9-15)8-10-4-5-11(13)7-10/h10-12,16H,2-9,15H2,1H3. The number of nitrogens with two attached hydrogens (primary N) is 1. The second-order valence-corrected chi connectivity index (χ2v) is 9.30. The summed E-state index contributed by atoms with van der Waals surface area (Å²) in [6.07, 6.45) is 7.66. The van der Waals surface area contributed by atoms with Gasteiger partial charge in [-0.2, -0.15) is 0 Å². The van der Waals surface area contributed by atoms with Crippen molar-refractivity contribution >= 4 is 9.84 Å². The molecule has 0 saturated heterocycles. The van der Waals surface area contributed by atoms with Crippen molar-refractivity contribution in [1.82, 2.24) is 0 Å². The third kappa shape index (κ3) is 1.74. The lowest BCUT2D eigenvalue weighted by atomic mass is 9.61. The Bertz CT molecular complexity index is 477. The van der Waals surface area contributed by atoms with Crippen LogP contribution in [0.3, 0.4) is 0 Å². The van der Waals surface area contributed by atoms with Crippen LogP contribution in [-0.4, -0.2) is 37.2 Å². The third-order valence-corrected chi connectivity index (χ3v) is 7.94. The minimum Gasteiger partial charge on any atom is -0.388 e. The van der Waals surface area contributed by atoms with Crippen molar-refractivity contribution in [2.75, 3.05) is 12.8 Å². The van der Waals surface area contributed by atoms with E-state index in [1.807, 2.05) is 0 Å². The molecule has 0 aromatic carbocycles. The second kappa shape index (κ2) is 4.18. The Morgan fingerprint density at radius 2 is 2.05 bits per heavy atom. The Morgan fingerprint density at radius 3 is 2.53 bits per heavy atom. The molecule has 0 heterocycles. The van der Waals surface area contributed by atoms with E-state index in [-0.39, 0.29) is 5.41 Å². The van der Waals surface area contributed by atoms with Crippen molar-refractivity contribution in [2.24, 2.45) is 23.0 Å². The maximum absolute atomic E-state index is 12.1. The first-order chi connectivity index (χ1) is 8.83. The molecular formula is C14H25NO3S. The van der Waals surface area contributed by atoms with Gasteiger partial charge < -0.3 is 10.8 Å². The minimum atomic E-state index is -3.22. The molecule has 0 aromatic rings. The zero-order valence-corrected chi connectivity index (χ0v) is 12.5. The predicted octanol–water partition coefficient (Wildman–Crippen LogP) is 1.08. The molecule has 0 aromatic heterocycles. The Balaban J connectivity index is 2.03. The fourth-order valence-electron chi connectivity index (χ4n) is 5.50. The quantitative estimate of drug-likeness (QED) is 0.814. The van der Waals surface area contributed by atoms with Crippen LogP contribution in [0, 0.1) is 17.3 Å². The van der Waals surface area contributed by atoms with Crippen molar-refractivity contribution in [1.29, 1.82) is 0 Å². The summed E-state index contributed by atoms with van der Waals surface area (Å²) < 4.78 is 24.1. The van der Waals surface area contributed by atoms with Crippen LogP contribution in [0.4, 0.5) is 0 Å². The molecule has 3 rings (SSSR count). The number of hydrogen-bond acceptors (Lipinski definition) is 4. The van der Waals surface area contributed by atoms with Crippen LogP contribution < -0.4 is 5.73 Å². The van der Waals surface area contributed by atoms with Gasteiger partial charge in [0.2, 0.25) is 0 Å². The van der Waals surface area contributed by atoms with Crippen LogP contribution in [-0.2, 0) is 9.84 Å². The first kappa shape index (κ1) is 13.8. The summed E-state index contributed by atoms with van der Waals surface area (Å²) >= 11 is 0. The molecule has 3 saturated carbocycles. The topological polar surface area (TPSA) is 80.4 Å². The molecule has 5 atom stereocenters. The predicted molar refractivity (Wildman–Crippen MR) is 74.4 cm³/mol. The van der Waals surface area contributed by atoms with Crippen LogP contribution in [0.1, 0.15) is 44.9 Å². The summed E-state index contributed by atoms with van der Waals surface area (Å²) in [5.74, 6) is 1.08. The fraction of sp³-hybridized carbons (Fsp3) is 1.00. The van der Waals surface area contributed by atoms with Crippen LogP contribution >= 0.6 is 0 Å². The van der Waals surface area contributed by atoms with Gasteiger partial charge in [-0.05, 0) is 50.4 Å². The van der Waals surface area contributed by atoms with E-state index in [1.54, 1.807) is 0 Å². The average Bonchev–Trinajstić information content (AvgIpc) is 3.00. The van der Waals surface area contributed by atoms with Gasteiger partial charge in [0.15, 0.2) is 9.84 Å². The highest BCUT2D eigenvalue weighted by molar-refractivity contribution is 7.91. The molecular weight excluding hydrogens is 262 g/mol. The van der Waals surface area contributed by atoms with Gasteiger partial charge in [0.05, 0.1) is 10.9 Å². The maximum atomic E-state index is 12.1. The molecule has 4 nitrogen and oxygen atoms in total. The van der Waals surface area contributed by atoms with Crippen LogP contribution in [0.2, 0.25) is 0 Å². The van der Waals surface area contributed by atoms with Gasteiger partial charge in [-0.25, -0.2) is 8.42 Å². The van der Waals surface area contributed by atoms with E-state index >= 15 is 0 Å². The normalized spacial score (nSPS) is 49.9. The Morgan fingerprint density at radius 1 is 1.32 bits per heavy atom. The first-order valence-corrected chi connectivity index (χ1v) is 9.40. The van der Waals surface area contributed by atoms with Gasteiger partial charge in [-0.1, -0.05) is 6.42 Å². The molecule has 3 aliphatic rings. The monoisotopic (exact) mass is 287 g/mol. The number of hydrogen-bond donors (Lipinski definition) is 2. The van der Waals surface area contributed by atoms with Gasteiger partial charge in [0.1, 0.15) is 0 Å². The first-order valence-electron chi connectivity index (χ1n) is 7.45. The largest absolute Gasteiger partial charge is 0.388 e. The van der Waals surface area contributed by atoms with Gasteiger partial charge in [0.25, 0.3) is 0 Å². The number of rotatable bonds is 3. The van der Waals surface area contributed by atoms with Gasteiger partial charge in [0, 0.05) is 18.2 Å². The second-order valence-electron chi connectivity index (χ2n) is 7.08. The highest BCUT2D eigenvalue weighted by atomic mass is 32.2. The Kier molecular flexibility index (Phi) is 3.05. The van der Waals surface area contributed by atoms with E-state index < -0.39 is 20.7 Å². The molecule has 3 N–H and O–H groups in total. The third-order valence-electron chi connectivity index (χ3n) is 6.28. The molecule has 0 aliphatic heterocycles. The Hall–Kier alpha value is -0.130. The molecule has 0 spiro atoms. The zero-order valence-electron chi connectivity index (χ0n) is 11.6. The Labute approximate surface area is 115 Å². The van der Waals surface area contributed by atoms with Crippen molar-refractivity contribution in [2.45, 2.75) is 55.8 Å². The number of fused-ring (bicyclic) bond motifs is 2. The molecule has 5 heteroatoms. The van der Waals surface area contributed by atoms with E-state index in [9.17, 15) is 13.5 Å². The van der Waals surface area contributed by atoms with E-state index in [0.717, 1.165) is 25.7 Å². The summed E-state index contributed by atoms with van der Waals surface area (Å²) in [4.78, 5) is 0. The molecule has 5 unspecified atom stereocenters. The molecule has 3 aliphatic carbocycles. The summed E-state index contributed by atoms with van der Waals surface area (Å²) in [7, 11) is -3.22. The van der Waals surface area contributed by atoms with E-state index in [4.69, 9.17) is 5.73 Å². The highest BCUT2D eigenvalue weighted by Gasteiger charge is 2.65. The number of sulfone groups is 1. The molecule has 2 bridgehead atoms. The van der Waals surface area contributed by atoms with Crippen LogP contribution in [0.5, 0.6) is 0 Å². The SMILES string of the molecule is CS(=O)(=O)C1CCCC1(O)C1(CN)CC2CCC1C2. The lowest BCUT2D eigenvalue weighted by molar-refractivity contribution is -0.102. The lowest BCUT2D eigenvalue weighted by Crippen LogP contribution is -2.61. The van der Waals surface area contributed by atoms with Crippen molar-refractivity contribution in [3.8, 4) is 0 Å². The van der Waals surface area contributed by atoms with Gasteiger partial charge in [-0.15, -0.1) is 0 Å². The van der Waals surface area contributed by atoms with E-state index in [1.165, 1.54) is 12.7 Å². The summed E-state index contributed by atoms with van der Waals surface area (Å²) in [6.45, 7) is 0.427. The van der Waals surface area contributed by atoms with Crippen LogP contribution in [0.15, 0.2) is 0 Å². The maximum Gasteiger partial charge on any atom is 0.153 e. The van der Waals surface area contributed by atoms with E-state index in [0.29, 0.717) is 31.2 Å². The van der Waals surface area contributed by atoms with Crippen molar-refractivity contribution in [3.63, 3.8) is 0 Å². The fourth-order valence-corrected chi connectivity index (χ4v) is 7.15. The highest BCUT2D eigenvalue weighted by Crippen LogP contribution is 2.63. The van der Waals surface area contributed by atoms with Crippen molar-refractivity contribution < 1.29 is 13.5 Å².